The van der Waals surface area contributed by atoms with Crippen LogP contribution in [-0.2, 0) is 0 Å². The third-order valence-corrected chi connectivity index (χ3v) is 1.99. The lowest BCUT2D eigenvalue weighted by atomic mass is 10.2. The molecule has 0 bridgehead atoms. The third kappa shape index (κ3) is 1.33. The molecule has 0 aliphatic heterocycles. The zero-order chi connectivity index (χ0) is 9.42. The standard InChI is InChI=1S/C9H5F2NS/c10-5-2-1-3-7-9(5)6(11)4-8(13)12-7/h1-4H,(H,12,13). The monoisotopic (exact) mass is 197 g/mol. The fourth-order valence-corrected chi connectivity index (χ4v) is 1.44. The molecular weight excluding hydrogens is 192 g/mol. The molecule has 1 heterocycles. The van der Waals surface area contributed by atoms with Gasteiger partial charge in [0.05, 0.1) is 10.9 Å². The van der Waals surface area contributed by atoms with Crippen LogP contribution in [0.15, 0.2) is 24.3 Å². The predicted molar refractivity (Wildman–Crippen MR) is 49.0 cm³/mol. The van der Waals surface area contributed by atoms with Gasteiger partial charge in [0, 0.05) is 6.07 Å². The van der Waals surface area contributed by atoms with Crippen molar-refractivity contribution in [2.75, 3.05) is 0 Å². The van der Waals surface area contributed by atoms with Gasteiger partial charge in [-0.1, -0.05) is 18.3 Å². The van der Waals surface area contributed by atoms with E-state index in [1.807, 2.05) is 0 Å². The summed E-state index contributed by atoms with van der Waals surface area (Å²) < 4.78 is 26.5. The molecule has 0 saturated heterocycles. The maximum Gasteiger partial charge on any atom is 0.138 e. The van der Waals surface area contributed by atoms with E-state index in [2.05, 4.69) is 4.98 Å². The van der Waals surface area contributed by atoms with Crippen LogP contribution in [0.4, 0.5) is 8.78 Å². The molecule has 0 atom stereocenters. The van der Waals surface area contributed by atoms with Crippen molar-refractivity contribution in [1.29, 1.82) is 0 Å². The smallest absolute Gasteiger partial charge is 0.138 e. The van der Waals surface area contributed by atoms with E-state index in [4.69, 9.17) is 12.2 Å². The highest BCUT2D eigenvalue weighted by atomic mass is 32.1. The summed E-state index contributed by atoms with van der Waals surface area (Å²) in [5.74, 6) is -1.21. The van der Waals surface area contributed by atoms with Gasteiger partial charge in [0.2, 0.25) is 0 Å². The van der Waals surface area contributed by atoms with E-state index in [9.17, 15) is 8.78 Å². The second-order valence-electron chi connectivity index (χ2n) is 2.64. The summed E-state index contributed by atoms with van der Waals surface area (Å²) in [6, 6.07) is 5.39. The molecule has 0 saturated carbocycles. The summed E-state index contributed by atoms with van der Waals surface area (Å²) in [6.45, 7) is 0. The van der Waals surface area contributed by atoms with E-state index < -0.39 is 11.6 Å². The highest BCUT2D eigenvalue weighted by Gasteiger charge is 2.05. The van der Waals surface area contributed by atoms with Crippen LogP contribution in [-0.4, -0.2) is 4.98 Å². The molecule has 0 unspecified atom stereocenters. The SMILES string of the molecule is Fc1cccc2[nH]c(=S)cc(F)c12. The van der Waals surface area contributed by atoms with Gasteiger partial charge < -0.3 is 4.98 Å². The fourth-order valence-electron chi connectivity index (χ4n) is 1.23. The number of H-pyrrole nitrogens is 1. The average molecular weight is 197 g/mol. The van der Waals surface area contributed by atoms with Crippen LogP contribution in [0.1, 0.15) is 0 Å². The Morgan fingerprint density at radius 3 is 2.69 bits per heavy atom. The van der Waals surface area contributed by atoms with Crippen LogP contribution in [0.3, 0.4) is 0 Å². The van der Waals surface area contributed by atoms with Crippen LogP contribution in [0.5, 0.6) is 0 Å². The first-order valence-electron chi connectivity index (χ1n) is 3.65. The van der Waals surface area contributed by atoms with Crippen molar-refractivity contribution in [2.45, 2.75) is 0 Å². The second kappa shape index (κ2) is 2.88. The minimum Gasteiger partial charge on any atom is -0.346 e. The highest BCUT2D eigenvalue weighted by Crippen LogP contribution is 2.18. The number of hydrogen-bond donors (Lipinski definition) is 1. The first-order chi connectivity index (χ1) is 6.18. The summed E-state index contributed by atoms with van der Waals surface area (Å²) >= 11 is 4.75. The zero-order valence-electron chi connectivity index (χ0n) is 6.47. The largest absolute Gasteiger partial charge is 0.346 e. The predicted octanol–water partition coefficient (Wildman–Crippen LogP) is 3.18. The molecule has 4 heteroatoms. The van der Waals surface area contributed by atoms with Crippen LogP contribution in [0, 0.1) is 16.3 Å². The van der Waals surface area contributed by atoms with Gasteiger partial charge >= 0.3 is 0 Å². The van der Waals surface area contributed by atoms with E-state index in [-0.39, 0.29) is 10.0 Å². The van der Waals surface area contributed by atoms with Crippen molar-refractivity contribution >= 4 is 23.1 Å². The van der Waals surface area contributed by atoms with Crippen LogP contribution >= 0.6 is 12.2 Å². The van der Waals surface area contributed by atoms with Gasteiger partial charge in [-0.15, -0.1) is 0 Å². The number of pyridine rings is 1. The van der Waals surface area contributed by atoms with Crippen LogP contribution in [0.2, 0.25) is 0 Å². The number of benzene rings is 1. The quantitative estimate of drug-likeness (QED) is 0.641. The molecule has 0 spiro atoms. The maximum atomic E-state index is 13.2. The summed E-state index contributed by atoms with van der Waals surface area (Å²) in [5.41, 5.74) is 0.380. The molecule has 1 aromatic heterocycles. The van der Waals surface area contributed by atoms with Crippen molar-refractivity contribution in [3.05, 3.63) is 40.5 Å². The lowest BCUT2D eigenvalue weighted by Gasteiger charge is -1.99. The lowest BCUT2D eigenvalue weighted by Crippen LogP contribution is -1.88. The van der Waals surface area contributed by atoms with Gasteiger partial charge in [0.25, 0.3) is 0 Å². The van der Waals surface area contributed by atoms with Crippen molar-refractivity contribution < 1.29 is 8.78 Å². The number of aromatic amines is 1. The molecule has 2 rings (SSSR count). The Balaban J connectivity index is 3.03. The summed E-state index contributed by atoms with van der Waals surface area (Å²) in [7, 11) is 0. The van der Waals surface area contributed by atoms with E-state index in [1.165, 1.54) is 12.1 Å². The Labute approximate surface area is 78.0 Å². The van der Waals surface area contributed by atoms with Crippen LogP contribution < -0.4 is 0 Å². The molecule has 13 heavy (non-hydrogen) atoms. The van der Waals surface area contributed by atoms with Gasteiger partial charge in [-0.05, 0) is 12.1 Å². The summed E-state index contributed by atoms with van der Waals surface area (Å²) in [6.07, 6.45) is 0. The number of halogens is 2. The Bertz CT molecular complexity index is 518. The average Bonchev–Trinajstić information content (AvgIpc) is 2.02. The van der Waals surface area contributed by atoms with Gasteiger partial charge in [0.15, 0.2) is 0 Å². The molecular formula is C9H5F2NS. The normalized spacial score (nSPS) is 10.6. The number of aromatic nitrogens is 1. The van der Waals surface area contributed by atoms with Crippen molar-refractivity contribution in [3.63, 3.8) is 0 Å². The van der Waals surface area contributed by atoms with Crippen molar-refractivity contribution in [1.82, 2.24) is 4.98 Å². The minimum absolute atomic E-state index is 0.0453. The highest BCUT2D eigenvalue weighted by molar-refractivity contribution is 7.71. The van der Waals surface area contributed by atoms with Crippen molar-refractivity contribution in [3.8, 4) is 0 Å². The minimum atomic E-state index is -0.628. The van der Waals surface area contributed by atoms with E-state index >= 15 is 0 Å². The molecule has 0 radical (unpaired) electrons. The summed E-state index contributed by atoms with van der Waals surface area (Å²) in [4.78, 5) is 2.71. The topological polar surface area (TPSA) is 15.8 Å². The molecule has 2 aromatic rings. The number of rotatable bonds is 0. The molecule has 0 aliphatic carbocycles. The van der Waals surface area contributed by atoms with Gasteiger partial charge in [-0.3, -0.25) is 0 Å². The molecule has 0 amide bonds. The lowest BCUT2D eigenvalue weighted by molar-refractivity contribution is 0.606. The molecule has 1 nitrogen and oxygen atoms in total. The van der Waals surface area contributed by atoms with Gasteiger partial charge in [-0.2, -0.15) is 0 Å². The molecule has 1 aromatic carbocycles. The Kier molecular flexibility index (Phi) is 1.84. The maximum absolute atomic E-state index is 13.2. The zero-order valence-corrected chi connectivity index (χ0v) is 7.29. The summed E-state index contributed by atoms with van der Waals surface area (Å²) in [5, 5.41) is -0.0453. The first-order valence-corrected chi connectivity index (χ1v) is 4.06. The molecule has 1 N–H and O–H groups in total. The second-order valence-corrected chi connectivity index (χ2v) is 3.08. The third-order valence-electron chi connectivity index (χ3n) is 1.77. The Morgan fingerprint density at radius 1 is 1.15 bits per heavy atom. The number of nitrogens with one attached hydrogen (secondary N) is 1. The first kappa shape index (κ1) is 8.31. The fraction of sp³-hybridized carbons (Fsp3) is 0. The van der Waals surface area contributed by atoms with E-state index in [0.717, 1.165) is 6.07 Å². The number of fused-ring (bicyclic) bond motifs is 1. The van der Waals surface area contributed by atoms with E-state index in [0.29, 0.717) is 5.52 Å². The Hall–Kier alpha value is -1.29. The Morgan fingerprint density at radius 2 is 1.92 bits per heavy atom. The van der Waals surface area contributed by atoms with Gasteiger partial charge in [-0.25, -0.2) is 8.78 Å². The molecule has 0 fully saturated rings. The molecule has 0 aliphatic rings. The number of hydrogen-bond acceptors (Lipinski definition) is 1. The van der Waals surface area contributed by atoms with E-state index in [1.54, 1.807) is 6.07 Å². The van der Waals surface area contributed by atoms with Gasteiger partial charge in [0.1, 0.15) is 16.3 Å². The van der Waals surface area contributed by atoms with Crippen molar-refractivity contribution in [2.24, 2.45) is 0 Å². The molecule has 66 valence electrons. The van der Waals surface area contributed by atoms with Crippen LogP contribution in [0.25, 0.3) is 10.9 Å².